The summed E-state index contributed by atoms with van der Waals surface area (Å²) >= 11 is 11.9. The number of sulfonamides is 1. The molecule has 3 aromatic carbocycles. The van der Waals surface area contributed by atoms with Crippen molar-refractivity contribution >= 4 is 44.8 Å². The van der Waals surface area contributed by atoms with E-state index in [1.165, 1.54) is 43.5 Å². The normalized spacial score (nSPS) is 11.2. The number of halogens is 2. The molecule has 0 aromatic heterocycles. The lowest BCUT2D eigenvalue weighted by Gasteiger charge is -2.13. The number of rotatable bonds is 7. The number of hydrogen-bond acceptors (Lipinski definition) is 4. The largest absolute Gasteiger partial charge is 0.495 e. The van der Waals surface area contributed by atoms with Crippen molar-refractivity contribution in [3.63, 3.8) is 0 Å². The number of hydrogen-bond donors (Lipinski definition) is 2. The highest BCUT2D eigenvalue weighted by Gasteiger charge is 2.19. The molecule has 0 aliphatic rings. The number of anilines is 1. The van der Waals surface area contributed by atoms with E-state index in [1.807, 2.05) is 30.3 Å². The van der Waals surface area contributed by atoms with Gasteiger partial charge in [-0.15, -0.1) is 0 Å². The van der Waals surface area contributed by atoms with E-state index in [9.17, 15) is 13.2 Å². The molecule has 6 nitrogen and oxygen atoms in total. The SMILES string of the molecule is COc1ccc(S(=O)(=O)NCc2ccccc2)cc1NC(=O)c1ccc(Cl)cc1Cl. The fourth-order valence-electron chi connectivity index (χ4n) is 2.67. The van der Waals surface area contributed by atoms with E-state index in [0.717, 1.165) is 5.56 Å². The van der Waals surface area contributed by atoms with E-state index >= 15 is 0 Å². The van der Waals surface area contributed by atoms with Gasteiger partial charge in [-0.1, -0.05) is 53.5 Å². The van der Waals surface area contributed by atoms with Crippen LogP contribution < -0.4 is 14.8 Å². The molecule has 0 aliphatic carbocycles. The van der Waals surface area contributed by atoms with Crippen molar-refractivity contribution in [3.05, 3.63) is 87.9 Å². The van der Waals surface area contributed by atoms with Gasteiger partial charge in [-0.05, 0) is 42.0 Å². The fraction of sp³-hybridized carbons (Fsp3) is 0.0952. The van der Waals surface area contributed by atoms with Gasteiger partial charge < -0.3 is 10.1 Å². The lowest BCUT2D eigenvalue weighted by atomic mass is 10.2. The van der Waals surface area contributed by atoms with Crippen LogP contribution in [0.2, 0.25) is 10.0 Å². The van der Waals surface area contributed by atoms with Gasteiger partial charge in [0, 0.05) is 11.6 Å². The van der Waals surface area contributed by atoms with Gasteiger partial charge in [0.1, 0.15) is 5.75 Å². The first-order valence-electron chi connectivity index (χ1n) is 8.78. The summed E-state index contributed by atoms with van der Waals surface area (Å²) in [6, 6.07) is 17.8. The van der Waals surface area contributed by atoms with Crippen molar-refractivity contribution in [2.24, 2.45) is 0 Å². The second kappa shape index (κ2) is 9.49. The summed E-state index contributed by atoms with van der Waals surface area (Å²) in [5.74, 6) is -0.225. The molecule has 1 amide bonds. The van der Waals surface area contributed by atoms with E-state index in [4.69, 9.17) is 27.9 Å². The Balaban J connectivity index is 1.84. The van der Waals surface area contributed by atoms with E-state index in [1.54, 1.807) is 0 Å². The molecule has 0 spiro atoms. The van der Waals surface area contributed by atoms with Crippen molar-refractivity contribution in [1.29, 1.82) is 0 Å². The third kappa shape index (κ3) is 5.31. The maximum absolute atomic E-state index is 12.7. The predicted molar refractivity (Wildman–Crippen MR) is 118 cm³/mol. The zero-order valence-electron chi connectivity index (χ0n) is 15.9. The topological polar surface area (TPSA) is 84.5 Å². The van der Waals surface area contributed by atoms with Crippen LogP contribution in [-0.4, -0.2) is 21.4 Å². The molecule has 0 radical (unpaired) electrons. The van der Waals surface area contributed by atoms with Crippen LogP contribution >= 0.6 is 23.2 Å². The standard InChI is InChI=1S/C21H18Cl2N2O4S/c1-29-20-10-8-16(30(27,28)24-13-14-5-3-2-4-6-14)12-19(20)25-21(26)17-9-7-15(22)11-18(17)23/h2-12,24H,13H2,1H3,(H,25,26). The first-order valence-corrected chi connectivity index (χ1v) is 11.0. The van der Waals surface area contributed by atoms with Crippen molar-refractivity contribution in [3.8, 4) is 5.75 Å². The van der Waals surface area contributed by atoms with Crippen molar-refractivity contribution in [2.75, 3.05) is 12.4 Å². The second-order valence-corrected chi connectivity index (χ2v) is 8.86. The molecule has 30 heavy (non-hydrogen) atoms. The van der Waals surface area contributed by atoms with Crippen LogP contribution in [0.25, 0.3) is 0 Å². The lowest BCUT2D eigenvalue weighted by molar-refractivity contribution is 0.102. The third-order valence-corrected chi connectivity index (χ3v) is 6.16. The highest BCUT2D eigenvalue weighted by atomic mass is 35.5. The minimum Gasteiger partial charge on any atom is -0.495 e. The molecule has 0 unspecified atom stereocenters. The van der Waals surface area contributed by atoms with Crippen LogP contribution in [0.4, 0.5) is 5.69 Å². The van der Waals surface area contributed by atoms with Crippen molar-refractivity contribution < 1.29 is 17.9 Å². The predicted octanol–water partition coefficient (Wildman–Crippen LogP) is 4.73. The van der Waals surface area contributed by atoms with Gasteiger partial charge >= 0.3 is 0 Å². The fourth-order valence-corrected chi connectivity index (χ4v) is 4.21. The Bertz CT molecular complexity index is 1170. The number of carbonyl (C=O) groups is 1. The van der Waals surface area contributed by atoms with E-state index in [2.05, 4.69) is 10.0 Å². The molecule has 0 atom stereocenters. The zero-order chi connectivity index (χ0) is 21.7. The molecular weight excluding hydrogens is 447 g/mol. The minimum absolute atomic E-state index is 0.0169. The van der Waals surface area contributed by atoms with E-state index in [-0.39, 0.29) is 27.7 Å². The number of ether oxygens (including phenoxy) is 1. The molecule has 3 aromatic rings. The summed E-state index contributed by atoms with van der Waals surface area (Å²) in [5, 5.41) is 3.21. The van der Waals surface area contributed by atoms with Crippen LogP contribution in [0.5, 0.6) is 5.75 Å². The van der Waals surface area contributed by atoms with Crippen LogP contribution in [0.1, 0.15) is 15.9 Å². The van der Waals surface area contributed by atoms with Gasteiger partial charge in [-0.2, -0.15) is 0 Å². The Labute approximate surface area is 184 Å². The van der Waals surface area contributed by atoms with E-state index in [0.29, 0.717) is 10.8 Å². The Hall–Kier alpha value is -2.58. The van der Waals surface area contributed by atoms with E-state index < -0.39 is 15.9 Å². The average molecular weight is 465 g/mol. The Morgan fingerprint density at radius 3 is 2.40 bits per heavy atom. The molecule has 0 aliphatic heterocycles. The van der Waals surface area contributed by atoms with Crippen LogP contribution in [-0.2, 0) is 16.6 Å². The number of carbonyl (C=O) groups excluding carboxylic acids is 1. The van der Waals surface area contributed by atoms with Gasteiger partial charge in [-0.25, -0.2) is 13.1 Å². The van der Waals surface area contributed by atoms with Gasteiger partial charge in [-0.3, -0.25) is 4.79 Å². The minimum atomic E-state index is -3.82. The monoisotopic (exact) mass is 464 g/mol. The molecule has 0 saturated heterocycles. The van der Waals surface area contributed by atoms with Gasteiger partial charge in [0.2, 0.25) is 10.0 Å². The van der Waals surface area contributed by atoms with Crippen LogP contribution in [0.15, 0.2) is 71.6 Å². The molecule has 156 valence electrons. The highest BCUT2D eigenvalue weighted by Crippen LogP contribution is 2.29. The number of methoxy groups -OCH3 is 1. The number of nitrogens with one attached hydrogen (secondary N) is 2. The lowest BCUT2D eigenvalue weighted by Crippen LogP contribution is -2.23. The average Bonchev–Trinajstić information content (AvgIpc) is 2.73. The van der Waals surface area contributed by atoms with Crippen molar-refractivity contribution in [1.82, 2.24) is 4.72 Å². The molecule has 3 rings (SSSR count). The smallest absolute Gasteiger partial charge is 0.257 e. The summed E-state index contributed by atoms with van der Waals surface area (Å²) in [5.41, 5.74) is 1.20. The van der Waals surface area contributed by atoms with Gasteiger partial charge in [0.25, 0.3) is 5.91 Å². The highest BCUT2D eigenvalue weighted by molar-refractivity contribution is 7.89. The maximum atomic E-state index is 12.7. The van der Waals surface area contributed by atoms with Crippen molar-refractivity contribution in [2.45, 2.75) is 11.4 Å². The van der Waals surface area contributed by atoms with Crippen LogP contribution in [0, 0.1) is 0 Å². The third-order valence-electron chi connectivity index (χ3n) is 4.21. The summed E-state index contributed by atoms with van der Waals surface area (Å²) in [6.07, 6.45) is 0. The number of amides is 1. The quantitative estimate of drug-likeness (QED) is 0.528. The number of benzene rings is 3. The molecule has 2 N–H and O–H groups in total. The zero-order valence-corrected chi connectivity index (χ0v) is 18.2. The Morgan fingerprint density at radius 1 is 1.00 bits per heavy atom. The maximum Gasteiger partial charge on any atom is 0.257 e. The molecule has 9 heteroatoms. The molecule has 0 fully saturated rings. The molecular formula is C21H18Cl2N2O4S. The first-order chi connectivity index (χ1) is 14.3. The van der Waals surface area contributed by atoms with Gasteiger partial charge in [0.05, 0.1) is 28.3 Å². The molecule has 0 saturated carbocycles. The summed E-state index contributed by atoms with van der Waals surface area (Å²) in [7, 11) is -2.40. The second-order valence-electron chi connectivity index (χ2n) is 6.25. The first kappa shape index (κ1) is 22.1. The summed E-state index contributed by atoms with van der Waals surface area (Å²) in [6.45, 7) is 0.136. The summed E-state index contributed by atoms with van der Waals surface area (Å²) in [4.78, 5) is 12.6. The molecule has 0 heterocycles. The van der Waals surface area contributed by atoms with Crippen LogP contribution in [0.3, 0.4) is 0 Å². The Morgan fingerprint density at radius 2 is 1.73 bits per heavy atom. The Kier molecular flexibility index (Phi) is 6.99. The van der Waals surface area contributed by atoms with Gasteiger partial charge in [0.15, 0.2) is 0 Å². The molecule has 0 bridgehead atoms. The summed E-state index contributed by atoms with van der Waals surface area (Å²) < 4.78 is 33.2.